The number of nitrogens with zero attached hydrogens (tertiary/aromatic N) is 2. The number of amides is 1. The van der Waals surface area contributed by atoms with Crippen LogP contribution in [0.25, 0.3) is 0 Å². The molecule has 0 aromatic heterocycles. The molecule has 3 N–H and O–H groups in total. The zero-order chi connectivity index (χ0) is 21.9. The minimum atomic E-state index is 0. The van der Waals surface area contributed by atoms with Crippen molar-refractivity contribution in [1.82, 2.24) is 20.9 Å². The van der Waals surface area contributed by atoms with Gasteiger partial charge in [0.2, 0.25) is 5.91 Å². The Bertz CT molecular complexity index is 718. The molecule has 1 amide bonds. The number of hydrogen-bond donors (Lipinski definition) is 3. The molecule has 2 aliphatic rings. The highest BCUT2D eigenvalue weighted by Crippen LogP contribution is 2.27. The normalized spacial score (nSPS) is 18.5. The van der Waals surface area contributed by atoms with Gasteiger partial charge in [-0.3, -0.25) is 14.7 Å². The molecular formula is C24H40IN5O2. The maximum atomic E-state index is 12.3. The van der Waals surface area contributed by atoms with E-state index in [2.05, 4.69) is 44.0 Å². The lowest BCUT2D eigenvalue weighted by Gasteiger charge is -2.29. The molecule has 1 aliphatic carbocycles. The van der Waals surface area contributed by atoms with E-state index < -0.39 is 0 Å². The Balaban J connectivity index is 0.00000363. The van der Waals surface area contributed by atoms with Gasteiger partial charge in [-0.05, 0) is 56.5 Å². The number of rotatable bonds is 9. The van der Waals surface area contributed by atoms with Gasteiger partial charge in [0.1, 0.15) is 5.75 Å². The van der Waals surface area contributed by atoms with Crippen LogP contribution in [0.2, 0.25) is 0 Å². The third-order valence-corrected chi connectivity index (χ3v) is 6.44. The van der Waals surface area contributed by atoms with Crippen LogP contribution in [0.15, 0.2) is 29.3 Å². The van der Waals surface area contributed by atoms with Crippen LogP contribution < -0.4 is 20.7 Å². The van der Waals surface area contributed by atoms with Crippen LogP contribution in [-0.4, -0.2) is 63.6 Å². The van der Waals surface area contributed by atoms with Crippen LogP contribution in [0.3, 0.4) is 0 Å². The summed E-state index contributed by atoms with van der Waals surface area (Å²) in [5, 5.41) is 9.88. The lowest BCUT2D eigenvalue weighted by Crippen LogP contribution is -2.45. The summed E-state index contributed by atoms with van der Waals surface area (Å²) in [6.45, 7) is 4.26. The molecule has 7 nitrogen and oxygen atoms in total. The summed E-state index contributed by atoms with van der Waals surface area (Å²) < 4.78 is 5.43. The molecule has 0 radical (unpaired) electrons. The number of carbonyl (C=O) groups is 1. The van der Waals surface area contributed by atoms with E-state index in [4.69, 9.17) is 4.74 Å². The zero-order valence-electron chi connectivity index (χ0n) is 19.6. The van der Waals surface area contributed by atoms with Crippen molar-refractivity contribution in [3.8, 4) is 5.75 Å². The molecule has 32 heavy (non-hydrogen) atoms. The number of likely N-dealkylation sites (tertiary alicyclic amines) is 1. The molecule has 0 spiro atoms. The number of hydrogen-bond acceptors (Lipinski definition) is 4. The van der Waals surface area contributed by atoms with Crippen LogP contribution in [-0.2, 0) is 4.79 Å². The average molecular weight is 558 g/mol. The Morgan fingerprint density at radius 1 is 1.09 bits per heavy atom. The highest BCUT2D eigenvalue weighted by atomic mass is 127. The van der Waals surface area contributed by atoms with Gasteiger partial charge in [-0.1, -0.05) is 31.4 Å². The predicted molar refractivity (Wildman–Crippen MR) is 141 cm³/mol. The Hall–Kier alpha value is -1.55. The van der Waals surface area contributed by atoms with Gasteiger partial charge in [-0.2, -0.15) is 0 Å². The number of aliphatic imine (C=N–C) groups is 1. The monoisotopic (exact) mass is 557 g/mol. The molecule has 180 valence electrons. The topological polar surface area (TPSA) is 78.0 Å². The minimum absolute atomic E-state index is 0. The minimum Gasteiger partial charge on any atom is -0.497 e. The molecule has 1 aromatic rings. The van der Waals surface area contributed by atoms with Crippen LogP contribution in [0, 0.1) is 5.92 Å². The highest BCUT2D eigenvalue weighted by molar-refractivity contribution is 14.0. The molecule has 3 rings (SSSR count). The number of benzene rings is 1. The third-order valence-electron chi connectivity index (χ3n) is 6.44. The fourth-order valence-electron chi connectivity index (χ4n) is 4.65. The molecule has 1 aromatic carbocycles. The summed E-state index contributed by atoms with van der Waals surface area (Å²) in [5.41, 5.74) is 1.25. The van der Waals surface area contributed by atoms with E-state index in [1.54, 1.807) is 14.2 Å². The number of nitrogens with one attached hydrogen (secondary N) is 3. The van der Waals surface area contributed by atoms with Gasteiger partial charge in [0.05, 0.1) is 13.2 Å². The molecule has 1 unspecified atom stereocenters. The van der Waals surface area contributed by atoms with Crippen LogP contribution in [0.1, 0.15) is 56.6 Å². The first-order valence-corrected chi connectivity index (χ1v) is 11.8. The van der Waals surface area contributed by atoms with Crippen molar-refractivity contribution in [3.63, 3.8) is 0 Å². The average Bonchev–Trinajstić information content (AvgIpc) is 3.35. The van der Waals surface area contributed by atoms with Crippen molar-refractivity contribution in [2.24, 2.45) is 10.9 Å². The van der Waals surface area contributed by atoms with E-state index in [9.17, 15) is 4.79 Å². The lowest BCUT2D eigenvalue weighted by atomic mass is 9.89. The van der Waals surface area contributed by atoms with Gasteiger partial charge in [-0.25, -0.2) is 0 Å². The second-order valence-corrected chi connectivity index (χ2v) is 8.54. The fourth-order valence-corrected chi connectivity index (χ4v) is 4.65. The molecule has 1 saturated heterocycles. The molecule has 8 heteroatoms. The predicted octanol–water partition coefficient (Wildman–Crippen LogP) is 3.31. The first-order valence-electron chi connectivity index (χ1n) is 11.8. The first-order chi connectivity index (χ1) is 15.2. The van der Waals surface area contributed by atoms with Gasteiger partial charge >= 0.3 is 0 Å². The van der Waals surface area contributed by atoms with Gasteiger partial charge in [0, 0.05) is 32.6 Å². The van der Waals surface area contributed by atoms with Crippen molar-refractivity contribution in [1.29, 1.82) is 0 Å². The quantitative estimate of drug-likeness (QED) is 0.188. The van der Waals surface area contributed by atoms with E-state index >= 15 is 0 Å². The van der Waals surface area contributed by atoms with Crippen LogP contribution in [0.4, 0.5) is 0 Å². The second kappa shape index (κ2) is 14.6. The third kappa shape index (κ3) is 8.10. The van der Waals surface area contributed by atoms with Gasteiger partial charge < -0.3 is 20.7 Å². The summed E-state index contributed by atoms with van der Waals surface area (Å²) >= 11 is 0. The van der Waals surface area contributed by atoms with Crippen molar-refractivity contribution < 1.29 is 9.53 Å². The number of halogens is 1. The molecule has 1 aliphatic heterocycles. The summed E-state index contributed by atoms with van der Waals surface area (Å²) in [4.78, 5) is 19.2. The Labute approximate surface area is 210 Å². The summed E-state index contributed by atoms with van der Waals surface area (Å²) in [5.74, 6) is 2.06. The lowest BCUT2D eigenvalue weighted by molar-refractivity contribution is -0.125. The van der Waals surface area contributed by atoms with Crippen molar-refractivity contribution in [2.45, 2.75) is 51.0 Å². The van der Waals surface area contributed by atoms with E-state index in [-0.39, 0.29) is 41.8 Å². The van der Waals surface area contributed by atoms with Crippen LogP contribution in [0.5, 0.6) is 5.75 Å². The maximum absolute atomic E-state index is 12.3. The molecular weight excluding hydrogens is 517 g/mol. The summed E-state index contributed by atoms with van der Waals surface area (Å²) in [6, 6.07) is 8.60. The number of guanidine groups is 1. The summed E-state index contributed by atoms with van der Waals surface area (Å²) in [7, 11) is 3.49. The molecule has 1 saturated carbocycles. The van der Waals surface area contributed by atoms with Gasteiger partial charge in [0.25, 0.3) is 0 Å². The standard InChI is InChI=1S/C24H39N5O2.HI/c1-25-24(27-14-13-26-23(30)19-9-4-3-5-10-19)28-18-22(29-15-6-7-16-29)20-11-8-12-21(17-20)31-2;/h8,11-12,17,19,22H,3-7,9-10,13-16,18H2,1-2H3,(H,26,30)(H2,25,27,28);1H. The number of carbonyl (C=O) groups excluding carboxylic acids is 1. The van der Waals surface area contributed by atoms with Crippen molar-refractivity contribution >= 4 is 35.8 Å². The molecule has 0 bridgehead atoms. The summed E-state index contributed by atoms with van der Waals surface area (Å²) in [6.07, 6.45) is 8.18. The van der Waals surface area contributed by atoms with Gasteiger partial charge in [0.15, 0.2) is 5.96 Å². The van der Waals surface area contributed by atoms with Crippen molar-refractivity contribution in [3.05, 3.63) is 29.8 Å². The van der Waals surface area contributed by atoms with Gasteiger partial charge in [-0.15, -0.1) is 24.0 Å². The van der Waals surface area contributed by atoms with E-state index in [0.29, 0.717) is 13.1 Å². The number of ether oxygens (including phenoxy) is 1. The van der Waals surface area contributed by atoms with E-state index in [1.807, 2.05) is 6.07 Å². The Morgan fingerprint density at radius 3 is 2.50 bits per heavy atom. The van der Waals surface area contributed by atoms with Crippen LogP contribution >= 0.6 is 24.0 Å². The molecule has 1 atom stereocenters. The highest BCUT2D eigenvalue weighted by Gasteiger charge is 2.24. The SMILES string of the molecule is CN=C(NCCNC(=O)C1CCCCC1)NCC(c1cccc(OC)c1)N1CCCC1.I. The van der Waals surface area contributed by atoms with Crippen molar-refractivity contribution in [2.75, 3.05) is 46.9 Å². The Morgan fingerprint density at radius 2 is 1.81 bits per heavy atom. The largest absolute Gasteiger partial charge is 0.497 e. The first kappa shape index (κ1) is 26.7. The molecule has 1 heterocycles. The smallest absolute Gasteiger partial charge is 0.223 e. The molecule has 2 fully saturated rings. The Kier molecular flexibility index (Phi) is 12.2. The van der Waals surface area contributed by atoms with E-state index in [0.717, 1.165) is 44.2 Å². The maximum Gasteiger partial charge on any atom is 0.223 e. The van der Waals surface area contributed by atoms with E-state index in [1.165, 1.54) is 37.7 Å². The number of methoxy groups -OCH3 is 1. The second-order valence-electron chi connectivity index (χ2n) is 8.54. The fraction of sp³-hybridized carbons (Fsp3) is 0.667. The zero-order valence-corrected chi connectivity index (χ0v) is 21.9.